The third-order valence-corrected chi connectivity index (χ3v) is 4.56. The molecule has 3 aromatic rings. The molecule has 0 spiro atoms. The Labute approximate surface area is 150 Å². The third-order valence-electron chi connectivity index (χ3n) is 4.56. The van der Waals surface area contributed by atoms with Gasteiger partial charge in [0.15, 0.2) is 0 Å². The van der Waals surface area contributed by atoms with E-state index < -0.39 is 0 Å². The number of rotatable bonds is 3. The van der Waals surface area contributed by atoms with Crippen molar-refractivity contribution in [3.63, 3.8) is 0 Å². The zero-order valence-corrected chi connectivity index (χ0v) is 14.8. The number of halogens is 1. The minimum Gasteiger partial charge on any atom is -0.478 e. The highest BCUT2D eigenvalue weighted by Crippen LogP contribution is 2.32. The maximum Gasteiger partial charge on any atom is 0.200 e. The van der Waals surface area contributed by atoms with E-state index in [4.69, 9.17) is 9.15 Å². The van der Waals surface area contributed by atoms with Gasteiger partial charge in [0, 0.05) is 13.1 Å². The van der Waals surface area contributed by atoms with E-state index in [0.717, 1.165) is 17.9 Å². The molecule has 0 radical (unpaired) electrons. The van der Waals surface area contributed by atoms with E-state index in [0.29, 0.717) is 41.3 Å². The summed E-state index contributed by atoms with van der Waals surface area (Å²) in [6.45, 7) is 6.45. The first kappa shape index (κ1) is 16.8. The molecule has 0 fully saturated rings. The van der Waals surface area contributed by atoms with Crippen LogP contribution in [0.4, 0.5) is 4.39 Å². The molecule has 0 N–H and O–H groups in total. The lowest BCUT2D eigenvalue weighted by Crippen LogP contribution is -2.34. The van der Waals surface area contributed by atoms with Crippen molar-refractivity contribution in [3.05, 3.63) is 64.3 Å². The lowest BCUT2D eigenvalue weighted by Gasteiger charge is -2.30. The Morgan fingerprint density at radius 3 is 2.65 bits per heavy atom. The van der Waals surface area contributed by atoms with Gasteiger partial charge in [-0.05, 0) is 35.7 Å². The molecular formula is C21H20FNO3. The second-order valence-corrected chi connectivity index (χ2v) is 7.08. The number of nitrogens with zero attached hydrogens (tertiary/aromatic N) is 1. The van der Waals surface area contributed by atoms with Crippen molar-refractivity contribution >= 4 is 11.0 Å². The van der Waals surface area contributed by atoms with Crippen molar-refractivity contribution in [3.8, 4) is 16.9 Å². The highest BCUT2D eigenvalue weighted by Gasteiger charge is 2.23. The van der Waals surface area contributed by atoms with Crippen molar-refractivity contribution in [2.45, 2.75) is 20.4 Å². The van der Waals surface area contributed by atoms with Crippen LogP contribution in [0.15, 0.2) is 51.9 Å². The maximum absolute atomic E-state index is 13.2. The monoisotopic (exact) mass is 353 g/mol. The normalized spacial score (nSPS) is 14.5. The predicted octanol–water partition coefficient (Wildman–Crippen LogP) is 4.41. The van der Waals surface area contributed by atoms with Gasteiger partial charge in [-0.15, -0.1) is 0 Å². The fraction of sp³-hybridized carbons (Fsp3) is 0.286. The second-order valence-electron chi connectivity index (χ2n) is 7.08. The largest absolute Gasteiger partial charge is 0.478 e. The standard InChI is InChI=1S/C21H20FNO3/c1-13(2)9-23-10-17-19(26-12-23)8-7-16-20(24)18(11-25-21(16)17)14-3-5-15(22)6-4-14/h3-8,11,13H,9-10,12H2,1-2H3. The summed E-state index contributed by atoms with van der Waals surface area (Å²) in [7, 11) is 0. The van der Waals surface area contributed by atoms with Crippen LogP contribution in [0, 0.1) is 11.7 Å². The number of hydrogen-bond donors (Lipinski definition) is 0. The molecule has 0 saturated heterocycles. The van der Waals surface area contributed by atoms with E-state index in [9.17, 15) is 9.18 Å². The van der Waals surface area contributed by atoms with Gasteiger partial charge >= 0.3 is 0 Å². The van der Waals surface area contributed by atoms with Crippen LogP contribution in [0.25, 0.3) is 22.1 Å². The van der Waals surface area contributed by atoms with E-state index in [2.05, 4.69) is 18.7 Å². The van der Waals surface area contributed by atoms with Gasteiger partial charge in [0.1, 0.15) is 30.1 Å². The highest BCUT2D eigenvalue weighted by atomic mass is 19.1. The molecule has 26 heavy (non-hydrogen) atoms. The first-order chi connectivity index (χ1) is 12.5. The van der Waals surface area contributed by atoms with E-state index in [1.165, 1.54) is 18.4 Å². The molecule has 0 saturated carbocycles. The van der Waals surface area contributed by atoms with Gasteiger partial charge in [-0.2, -0.15) is 0 Å². The van der Waals surface area contributed by atoms with Crippen LogP contribution in [0.3, 0.4) is 0 Å². The molecule has 1 aliphatic rings. The molecule has 2 heterocycles. The number of benzene rings is 2. The van der Waals surface area contributed by atoms with Crippen LogP contribution < -0.4 is 10.2 Å². The molecule has 0 amide bonds. The molecule has 134 valence electrons. The van der Waals surface area contributed by atoms with Crippen LogP contribution in [-0.4, -0.2) is 18.2 Å². The Kier molecular flexibility index (Phi) is 4.24. The summed E-state index contributed by atoms with van der Waals surface area (Å²) in [5, 5.41) is 0.514. The molecule has 1 aromatic heterocycles. The van der Waals surface area contributed by atoms with Crippen LogP contribution in [-0.2, 0) is 6.54 Å². The van der Waals surface area contributed by atoms with Crippen molar-refractivity contribution in [2.75, 3.05) is 13.3 Å². The Hall–Kier alpha value is -2.66. The smallest absolute Gasteiger partial charge is 0.200 e. The molecule has 5 heteroatoms. The quantitative estimate of drug-likeness (QED) is 0.700. The number of hydrogen-bond acceptors (Lipinski definition) is 4. The summed E-state index contributed by atoms with van der Waals surface area (Å²) in [4.78, 5) is 15.1. The summed E-state index contributed by atoms with van der Waals surface area (Å²) in [5.41, 5.74) is 2.40. The second kappa shape index (κ2) is 6.57. The van der Waals surface area contributed by atoms with Crippen LogP contribution in [0.5, 0.6) is 5.75 Å². The van der Waals surface area contributed by atoms with Gasteiger partial charge in [-0.25, -0.2) is 4.39 Å². The molecular weight excluding hydrogens is 333 g/mol. The fourth-order valence-electron chi connectivity index (χ4n) is 3.42. The maximum atomic E-state index is 13.2. The Morgan fingerprint density at radius 2 is 1.92 bits per heavy atom. The third kappa shape index (κ3) is 2.99. The lowest BCUT2D eigenvalue weighted by molar-refractivity contribution is 0.0848. The molecule has 0 bridgehead atoms. The van der Waals surface area contributed by atoms with E-state index in [1.807, 2.05) is 6.07 Å². The van der Waals surface area contributed by atoms with Gasteiger partial charge in [0.05, 0.1) is 16.5 Å². The first-order valence-corrected chi connectivity index (χ1v) is 8.71. The Bertz CT molecular complexity index is 1010. The summed E-state index contributed by atoms with van der Waals surface area (Å²) in [6, 6.07) is 9.41. The fourth-order valence-corrected chi connectivity index (χ4v) is 3.42. The molecule has 0 aliphatic carbocycles. The van der Waals surface area contributed by atoms with Gasteiger partial charge in [-0.1, -0.05) is 26.0 Å². The van der Waals surface area contributed by atoms with Gasteiger partial charge in [-0.3, -0.25) is 9.69 Å². The zero-order valence-electron chi connectivity index (χ0n) is 14.8. The lowest BCUT2D eigenvalue weighted by atomic mass is 10.0. The highest BCUT2D eigenvalue weighted by molar-refractivity contribution is 5.85. The topological polar surface area (TPSA) is 42.7 Å². The van der Waals surface area contributed by atoms with E-state index >= 15 is 0 Å². The van der Waals surface area contributed by atoms with Crippen molar-refractivity contribution in [2.24, 2.45) is 5.92 Å². The minimum absolute atomic E-state index is 0.123. The number of fused-ring (bicyclic) bond motifs is 3. The molecule has 0 atom stereocenters. The molecule has 0 unspecified atom stereocenters. The van der Waals surface area contributed by atoms with Crippen molar-refractivity contribution in [1.29, 1.82) is 0 Å². The molecule has 4 rings (SSSR count). The van der Waals surface area contributed by atoms with Crippen molar-refractivity contribution in [1.82, 2.24) is 4.90 Å². The summed E-state index contributed by atoms with van der Waals surface area (Å²) < 4.78 is 24.8. The summed E-state index contributed by atoms with van der Waals surface area (Å²) >= 11 is 0. The zero-order chi connectivity index (χ0) is 18.3. The van der Waals surface area contributed by atoms with Gasteiger partial charge in [0.2, 0.25) is 5.43 Å². The average Bonchev–Trinajstić information content (AvgIpc) is 2.62. The van der Waals surface area contributed by atoms with Gasteiger partial charge in [0.25, 0.3) is 0 Å². The van der Waals surface area contributed by atoms with E-state index in [1.54, 1.807) is 18.2 Å². The summed E-state index contributed by atoms with van der Waals surface area (Å²) in [5.74, 6) is 0.942. The Balaban J connectivity index is 1.80. The van der Waals surface area contributed by atoms with Gasteiger partial charge < -0.3 is 9.15 Å². The number of ether oxygens (including phenoxy) is 1. The Morgan fingerprint density at radius 1 is 1.15 bits per heavy atom. The molecule has 1 aliphatic heterocycles. The first-order valence-electron chi connectivity index (χ1n) is 8.71. The SMILES string of the molecule is CC(C)CN1COc2ccc3c(=O)c(-c4ccc(F)cc4)coc3c2C1. The predicted molar refractivity (Wildman–Crippen MR) is 98.6 cm³/mol. The van der Waals surface area contributed by atoms with Crippen LogP contribution >= 0.6 is 0 Å². The van der Waals surface area contributed by atoms with Crippen LogP contribution in [0.1, 0.15) is 19.4 Å². The average molecular weight is 353 g/mol. The van der Waals surface area contributed by atoms with Crippen LogP contribution in [0.2, 0.25) is 0 Å². The summed E-state index contributed by atoms with van der Waals surface area (Å²) in [6.07, 6.45) is 1.46. The van der Waals surface area contributed by atoms with Crippen molar-refractivity contribution < 1.29 is 13.5 Å². The molecule has 2 aromatic carbocycles. The van der Waals surface area contributed by atoms with E-state index in [-0.39, 0.29) is 11.2 Å². The minimum atomic E-state index is -0.338. The molecule has 4 nitrogen and oxygen atoms in total.